The van der Waals surface area contributed by atoms with Crippen LogP contribution in [0.15, 0.2) is 158 Å². The van der Waals surface area contributed by atoms with Gasteiger partial charge in [0, 0.05) is 19.3 Å². The van der Waals surface area contributed by atoms with E-state index in [1.165, 1.54) is 103 Å². The summed E-state index contributed by atoms with van der Waals surface area (Å²) in [4.78, 5) is 58.5. The molecule has 0 aromatic carbocycles. The largest absolute Gasteiger partial charge is 0.472 e. The molecule has 18 heteroatoms. The summed E-state index contributed by atoms with van der Waals surface area (Å²) in [6.45, 7) is 2.25. The second-order valence-electron chi connectivity index (χ2n) is 26.1. The van der Waals surface area contributed by atoms with E-state index < -0.39 is 91.5 Å². The van der Waals surface area contributed by atoms with E-state index in [1.54, 1.807) is 0 Å². The van der Waals surface area contributed by atoms with Crippen molar-refractivity contribution in [2.75, 3.05) is 39.6 Å². The normalized spacial score (nSPS) is 14.8. The first-order chi connectivity index (χ1) is 50.2. The molecule has 103 heavy (non-hydrogen) atoms. The molecule has 16 nitrogen and oxygen atoms in total. The van der Waals surface area contributed by atoms with Crippen LogP contribution in [0.2, 0.25) is 0 Å². The smallest absolute Gasteiger partial charge is 0.463 e. The molecule has 0 saturated carbocycles. The van der Waals surface area contributed by atoms with Crippen LogP contribution < -0.4 is 0 Å². The highest BCUT2D eigenvalue weighted by atomic mass is 31.2. The Labute approximate surface area is 625 Å². The SMILES string of the molecule is CC/C=C\C/C=C\C/C=C\C/C=C\C/C=C\CCCCCCCCCCCCCCCCCCCCCC(=O)OCC(O)COP(=O)(O)OCC(O)COP(=O)(O)OCC(COC(=O)CCC/C=C\C/C=C\C/C=C\C/C=C\C/C=C\CC)OC(=O)CCCCCCC/C=C\C/C=C\C/C=C\CC. The lowest BCUT2D eigenvalue weighted by Crippen LogP contribution is -2.30. The van der Waals surface area contributed by atoms with Crippen LogP contribution in [0.1, 0.15) is 303 Å². The molecule has 588 valence electrons. The third kappa shape index (κ3) is 78.1. The van der Waals surface area contributed by atoms with Crippen molar-refractivity contribution in [2.24, 2.45) is 0 Å². The van der Waals surface area contributed by atoms with E-state index in [4.69, 9.17) is 32.3 Å². The maximum atomic E-state index is 12.9. The van der Waals surface area contributed by atoms with Crippen molar-refractivity contribution in [3.8, 4) is 0 Å². The van der Waals surface area contributed by atoms with Crippen LogP contribution >= 0.6 is 15.6 Å². The standard InChI is InChI=1S/C85H142O16P2/c1-4-7-10-13-16-19-22-25-28-30-31-32-33-34-35-36-37-38-39-40-41-42-43-44-45-46-47-49-52-53-56-59-62-65-68-71-83(88)95-74-80(86)75-97-102(91,92)98-76-81(87)77-99-103(93,94)100-79-82(101-85(90)73-70-67-64-61-58-55-50-27-24-21-18-15-12-9-6-3)78-96-84(89)72-69-66-63-60-57-54-51-48-29-26-23-20-17-14-11-8-5-2/h7-12,16-21,25-29,31-32,34-35,50-51,54,60,63,80-82,86-87H,4-6,13-15,22-24,30,33,36-49,52-53,55-59,61-62,64-79H2,1-3H3,(H,91,92)(H,93,94)/b10-7-,11-8-,12-9-,19-16-,20-17-,21-18-,28-25-,29-26-,32-31-,35-34-,50-27-,54-51-,63-60-. The van der Waals surface area contributed by atoms with E-state index in [-0.39, 0.29) is 19.3 Å². The highest BCUT2D eigenvalue weighted by Crippen LogP contribution is 2.45. The number of hydrogen-bond donors (Lipinski definition) is 4. The molecule has 0 amide bonds. The zero-order valence-corrected chi connectivity index (χ0v) is 66.0. The van der Waals surface area contributed by atoms with Gasteiger partial charge in [0.25, 0.3) is 0 Å². The third-order valence-corrected chi connectivity index (χ3v) is 18.1. The molecule has 0 rings (SSSR count). The molecule has 0 heterocycles. The second kappa shape index (κ2) is 76.8. The molecule has 0 aliphatic carbocycles. The van der Waals surface area contributed by atoms with Gasteiger partial charge in [-0.05, 0) is 135 Å². The van der Waals surface area contributed by atoms with Crippen LogP contribution in [0, 0.1) is 0 Å². The van der Waals surface area contributed by atoms with Gasteiger partial charge in [0.1, 0.15) is 25.4 Å². The lowest BCUT2D eigenvalue weighted by molar-refractivity contribution is -0.161. The first-order valence-electron chi connectivity index (χ1n) is 39.8. The highest BCUT2D eigenvalue weighted by Gasteiger charge is 2.29. The number of carbonyl (C=O) groups excluding carboxylic acids is 3. The summed E-state index contributed by atoms with van der Waals surface area (Å²) in [5.41, 5.74) is 0. The van der Waals surface area contributed by atoms with Crippen molar-refractivity contribution in [3.05, 3.63) is 158 Å². The van der Waals surface area contributed by atoms with Crippen molar-refractivity contribution < 1.29 is 75.8 Å². The average Bonchev–Trinajstić information content (AvgIpc) is 0.915. The Balaban J connectivity index is 4.42. The van der Waals surface area contributed by atoms with Crippen LogP contribution in [0.4, 0.5) is 0 Å². The molecule has 0 spiro atoms. The van der Waals surface area contributed by atoms with E-state index in [9.17, 15) is 43.5 Å². The summed E-state index contributed by atoms with van der Waals surface area (Å²) in [5.74, 6) is -1.67. The number of hydrogen-bond acceptors (Lipinski definition) is 14. The van der Waals surface area contributed by atoms with E-state index >= 15 is 0 Å². The van der Waals surface area contributed by atoms with Gasteiger partial charge in [-0.3, -0.25) is 32.5 Å². The number of phosphoric ester groups is 2. The molecule has 0 fully saturated rings. The average molecular weight is 1480 g/mol. The Morgan fingerprint density at radius 2 is 0.495 bits per heavy atom. The highest BCUT2D eigenvalue weighted by molar-refractivity contribution is 7.47. The molecule has 0 bridgehead atoms. The maximum absolute atomic E-state index is 12.9. The fourth-order valence-electron chi connectivity index (χ4n) is 10.3. The van der Waals surface area contributed by atoms with Crippen molar-refractivity contribution in [1.82, 2.24) is 0 Å². The number of esters is 3. The lowest BCUT2D eigenvalue weighted by Gasteiger charge is -2.21. The minimum Gasteiger partial charge on any atom is -0.463 e. The molecule has 0 aromatic heterocycles. The van der Waals surface area contributed by atoms with Crippen LogP contribution in [0.3, 0.4) is 0 Å². The van der Waals surface area contributed by atoms with Crippen molar-refractivity contribution in [1.29, 1.82) is 0 Å². The predicted molar refractivity (Wildman–Crippen MR) is 426 cm³/mol. The second-order valence-corrected chi connectivity index (χ2v) is 29.0. The molecule has 5 unspecified atom stereocenters. The Morgan fingerprint density at radius 1 is 0.272 bits per heavy atom. The zero-order chi connectivity index (χ0) is 75.2. The fourth-order valence-corrected chi connectivity index (χ4v) is 11.9. The van der Waals surface area contributed by atoms with Crippen molar-refractivity contribution in [2.45, 2.75) is 322 Å². The minimum atomic E-state index is -4.95. The van der Waals surface area contributed by atoms with Crippen LogP contribution in [0.5, 0.6) is 0 Å². The van der Waals surface area contributed by atoms with Gasteiger partial charge in [-0.15, -0.1) is 0 Å². The molecule has 0 radical (unpaired) electrons. The Bertz CT molecular complexity index is 2500. The summed E-state index contributed by atoms with van der Waals surface area (Å²) in [6, 6.07) is 0. The first-order valence-corrected chi connectivity index (χ1v) is 42.8. The quantitative estimate of drug-likeness (QED) is 0.0146. The van der Waals surface area contributed by atoms with Gasteiger partial charge in [0.2, 0.25) is 0 Å². The molecule has 4 N–H and O–H groups in total. The molecular formula is C85H142O16P2. The summed E-state index contributed by atoms with van der Waals surface area (Å²) < 4.78 is 61.0. The lowest BCUT2D eigenvalue weighted by atomic mass is 10.0. The van der Waals surface area contributed by atoms with Gasteiger partial charge in [-0.1, -0.05) is 307 Å². The molecule has 5 atom stereocenters. The van der Waals surface area contributed by atoms with E-state index in [2.05, 4.69) is 167 Å². The number of phosphoric acid groups is 2. The topological polar surface area (TPSA) is 231 Å². The van der Waals surface area contributed by atoms with E-state index in [0.717, 1.165) is 135 Å². The molecule has 0 aliphatic rings. The van der Waals surface area contributed by atoms with Crippen LogP contribution in [0.25, 0.3) is 0 Å². The van der Waals surface area contributed by atoms with Crippen molar-refractivity contribution >= 4 is 33.6 Å². The summed E-state index contributed by atoms with van der Waals surface area (Å²) in [5, 5.41) is 20.6. The first kappa shape index (κ1) is 98.2. The van der Waals surface area contributed by atoms with Gasteiger partial charge < -0.3 is 34.2 Å². The fraction of sp³-hybridized carbons (Fsp3) is 0.659. The van der Waals surface area contributed by atoms with E-state index in [1.807, 2.05) is 12.2 Å². The van der Waals surface area contributed by atoms with Crippen molar-refractivity contribution in [3.63, 3.8) is 0 Å². The monoisotopic (exact) mass is 1480 g/mol. The van der Waals surface area contributed by atoms with Gasteiger partial charge in [0.15, 0.2) is 6.10 Å². The van der Waals surface area contributed by atoms with Gasteiger partial charge in [0.05, 0.1) is 26.4 Å². The number of aliphatic hydroxyl groups is 2. The number of unbranched alkanes of at least 4 members (excludes halogenated alkanes) is 25. The summed E-state index contributed by atoms with van der Waals surface area (Å²) in [7, 11) is -9.81. The maximum Gasteiger partial charge on any atom is 0.472 e. The number of aliphatic hydroxyl groups excluding tert-OH is 2. The van der Waals surface area contributed by atoms with Gasteiger partial charge >= 0.3 is 33.6 Å². The van der Waals surface area contributed by atoms with Gasteiger partial charge in [-0.2, -0.15) is 0 Å². The van der Waals surface area contributed by atoms with Crippen LogP contribution in [-0.4, -0.2) is 95.9 Å². The van der Waals surface area contributed by atoms with Crippen LogP contribution in [-0.2, 0) is 55.8 Å². The molecule has 0 saturated heterocycles. The number of carbonyl (C=O) groups is 3. The number of ether oxygens (including phenoxy) is 3. The van der Waals surface area contributed by atoms with E-state index in [0.29, 0.717) is 25.7 Å². The predicted octanol–water partition coefficient (Wildman–Crippen LogP) is 23.4. The summed E-state index contributed by atoms with van der Waals surface area (Å²) >= 11 is 0. The summed E-state index contributed by atoms with van der Waals surface area (Å²) in [6.07, 6.45) is 96.2. The molecular weight excluding hydrogens is 1340 g/mol. The zero-order valence-electron chi connectivity index (χ0n) is 64.2. The Kier molecular flexibility index (Phi) is 73.2. The third-order valence-electron chi connectivity index (χ3n) is 16.2. The number of allylic oxidation sites excluding steroid dienone is 26. The van der Waals surface area contributed by atoms with Gasteiger partial charge in [-0.25, -0.2) is 9.13 Å². The number of rotatable bonds is 74. The molecule has 0 aromatic rings. The molecule has 0 aliphatic heterocycles. The Morgan fingerprint density at radius 3 is 0.806 bits per heavy atom. The minimum absolute atomic E-state index is 0.0687. The Hall–Kier alpha value is -4.83.